The van der Waals surface area contributed by atoms with Crippen LogP contribution in [0, 0.1) is 0 Å². The van der Waals surface area contributed by atoms with Crippen molar-refractivity contribution >= 4 is 60.5 Å². The fraction of sp³-hybridized carbons (Fsp3) is 0.200. The first-order valence-corrected chi connectivity index (χ1v) is 17.3. The van der Waals surface area contributed by atoms with Crippen molar-refractivity contribution in [1.82, 2.24) is 29.9 Å². The van der Waals surface area contributed by atoms with Gasteiger partial charge in [0.25, 0.3) is 0 Å². The maximum absolute atomic E-state index is 6.22. The molecule has 6 aromatic heterocycles. The van der Waals surface area contributed by atoms with Gasteiger partial charge in [0.2, 0.25) is 6.79 Å². The number of aryl methyl sites for hydroxylation is 2. The molecular formula is C35H30ClN7O2S2. The first-order chi connectivity index (χ1) is 23.1. The SMILES string of the molecule is CCc1cc2c(Cl)nc(-c3cccnc3)nc2s1.CCc1cc2c(NCCc3ccc4c(c3)OCO4)nc(-c3cccnc3)nc2s1. The van der Waals surface area contributed by atoms with Crippen molar-refractivity contribution in [3.63, 3.8) is 0 Å². The number of ether oxygens (including phenoxy) is 2. The second kappa shape index (κ2) is 14.0. The van der Waals surface area contributed by atoms with E-state index in [9.17, 15) is 0 Å². The van der Waals surface area contributed by atoms with Gasteiger partial charge in [0.05, 0.1) is 5.39 Å². The molecule has 0 saturated carbocycles. The summed E-state index contributed by atoms with van der Waals surface area (Å²) in [7, 11) is 0. The summed E-state index contributed by atoms with van der Waals surface area (Å²) >= 11 is 9.60. The molecule has 9 nitrogen and oxygen atoms in total. The summed E-state index contributed by atoms with van der Waals surface area (Å²) in [6.07, 6.45) is 9.85. The largest absolute Gasteiger partial charge is 0.454 e. The third-order valence-electron chi connectivity index (χ3n) is 7.52. The number of hydrogen-bond acceptors (Lipinski definition) is 11. The molecule has 0 spiro atoms. The molecule has 236 valence electrons. The van der Waals surface area contributed by atoms with E-state index in [-0.39, 0.29) is 0 Å². The quantitative estimate of drug-likeness (QED) is 0.158. The topological polar surface area (TPSA) is 108 Å². The van der Waals surface area contributed by atoms with Gasteiger partial charge >= 0.3 is 0 Å². The van der Waals surface area contributed by atoms with Gasteiger partial charge < -0.3 is 14.8 Å². The molecule has 1 aliphatic rings. The smallest absolute Gasteiger partial charge is 0.231 e. The highest BCUT2D eigenvalue weighted by molar-refractivity contribution is 7.19. The Bertz CT molecular complexity index is 2160. The van der Waals surface area contributed by atoms with Crippen LogP contribution < -0.4 is 14.8 Å². The van der Waals surface area contributed by atoms with E-state index in [1.54, 1.807) is 47.5 Å². The maximum atomic E-state index is 6.22. The summed E-state index contributed by atoms with van der Waals surface area (Å²) in [6, 6.07) is 18.0. The van der Waals surface area contributed by atoms with E-state index in [1.165, 1.54) is 15.3 Å². The highest BCUT2D eigenvalue weighted by Gasteiger charge is 2.15. The minimum absolute atomic E-state index is 0.297. The molecule has 0 saturated heterocycles. The summed E-state index contributed by atoms with van der Waals surface area (Å²) in [5.74, 6) is 3.82. The van der Waals surface area contributed by atoms with Gasteiger partial charge in [-0.25, -0.2) is 19.9 Å². The molecule has 0 bridgehead atoms. The van der Waals surface area contributed by atoms with Gasteiger partial charge in [-0.05, 0) is 73.4 Å². The first-order valence-electron chi connectivity index (χ1n) is 15.3. The molecular weight excluding hydrogens is 650 g/mol. The van der Waals surface area contributed by atoms with Crippen LogP contribution in [-0.4, -0.2) is 43.2 Å². The van der Waals surface area contributed by atoms with Gasteiger partial charge in [-0.2, -0.15) is 0 Å². The Morgan fingerprint density at radius 3 is 2.04 bits per heavy atom. The lowest BCUT2D eigenvalue weighted by Gasteiger charge is -2.09. The summed E-state index contributed by atoms with van der Waals surface area (Å²) in [6.45, 7) is 5.33. The van der Waals surface area contributed by atoms with Gasteiger partial charge in [0.15, 0.2) is 23.1 Å². The molecule has 12 heteroatoms. The number of hydrogen-bond donors (Lipinski definition) is 1. The molecule has 1 N–H and O–H groups in total. The third-order valence-corrected chi connectivity index (χ3v) is 10.2. The fourth-order valence-electron chi connectivity index (χ4n) is 5.06. The van der Waals surface area contributed by atoms with Crippen LogP contribution in [0.25, 0.3) is 43.2 Å². The van der Waals surface area contributed by atoms with Crippen LogP contribution in [-0.2, 0) is 19.3 Å². The van der Waals surface area contributed by atoms with Gasteiger partial charge in [-0.1, -0.05) is 31.5 Å². The van der Waals surface area contributed by atoms with E-state index in [2.05, 4.69) is 57.3 Å². The zero-order valence-corrected chi connectivity index (χ0v) is 28.1. The van der Waals surface area contributed by atoms with Crippen LogP contribution in [0.4, 0.5) is 5.82 Å². The van der Waals surface area contributed by atoms with Gasteiger partial charge in [-0.15, -0.1) is 22.7 Å². The zero-order chi connectivity index (χ0) is 32.2. The number of halogens is 1. The Kier molecular flexibility index (Phi) is 9.18. The van der Waals surface area contributed by atoms with E-state index >= 15 is 0 Å². The lowest BCUT2D eigenvalue weighted by Crippen LogP contribution is -2.07. The average molecular weight is 680 g/mol. The summed E-state index contributed by atoms with van der Waals surface area (Å²) < 4.78 is 10.9. The fourth-order valence-corrected chi connectivity index (χ4v) is 7.28. The Morgan fingerprint density at radius 1 is 0.745 bits per heavy atom. The van der Waals surface area contributed by atoms with Crippen LogP contribution >= 0.6 is 34.3 Å². The van der Waals surface area contributed by atoms with Crippen LogP contribution in [0.3, 0.4) is 0 Å². The number of pyridine rings is 2. The molecule has 0 fully saturated rings. The molecule has 1 aromatic carbocycles. The van der Waals surface area contributed by atoms with Crippen molar-refractivity contribution < 1.29 is 9.47 Å². The molecule has 7 aromatic rings. The predicted octanol–water partition coefficient (Wildman–Crippen LogP) is 8.67. The standard InChI is InChI=1S/C22H20N4O2S.C13H10ClN3S/c1-2-16-11-17-21(24-9-7-14-5-6-18-19(10-14)28-13-27-18)25-20(26-22(17)29-16)15-4-3-8-23-12-15;1-2-9-6-10-11(14)16-12(17-13(10)18-9)8-4-3-5-15-7-8/h3-6,8,10-12H,2,7,9,13H2,1H3,(H,24,25,26);3-7H,2H2,1H3. The van der Waals surface area contributed by atoms with E-state index in [1.807, 2.05) is 36.4 Å². The molecule has 0 amide bonds. The molecule has 47 heavy (non-hydrogen) atoms. The molecule has 0 unspecified atom stereocenters. The number of nitrogens with zero attached hydrogens (tertiary/aromatic N) is 6. The molecule has 0 atom stereocenters. The average Bonchev–Trinajstić information content (AvgIpc) is 3.87. The Balaban J connectivity index is 0.000000167. The normalized spacial score (nSPS) is 11.9. The highest BCUT2D eigenvalue weighted by Crippen LogP contribution is 2.34. The Hall–Kier alpha value is -4.71. The summed E-state index contributed by atoms with van der Waals surface area (Å²) in [5.41, 5.74) is 2.99. The zero-order valence-electron chi connectivity index (χ0n) is 25.7. The number of fused-ring (bicyclic) bond motifs is 3. The van der Waals surface area contributed by atoms with E-state index < -0.39 is 0 Å². The van der Waals surface area contributed by atoms with Gasteiger partial charge in [0, 0.05) is 57.6 Å². The molecule has 0 radical (unpaired) electrons. The monoisotopic (exact) mass is 679 g/mol. The number of anilines is 1. The van der Waals surface area contributed by atoms with Crippen LogP contribution in [0.15, 0.2) is 79.4 Å². The van der Waals surface area contributed by atoms with Crippen LogP contribution in [0.2, 0.25) is 5.15 Å². The number of benzene rings is 1. The minimum Gasteiger partial charge on any atom is -0.454 e. The number of thiophene rings is 2. The van der Waals surface area contributed by atoms with Crippen molar-refractivity contribution in [3.05, 3.63) is 99.9 Å². The number of rotatable bonds is 8. The third kappa shape index (κ3) is 6.87. The van der Waals surface area contributed by atoms with Crippen LogP contribution in [0.1, 0.15) is 29.2 Å². The molecule has 7 heterocycles. The van der Waals surface area contributed by atoms with Gasteiger partial charge in [-0.3, -0.25) is 9.97 Å². The van der Waals surface area contributed by atoms with E-state index in [0.29, 0.717) is 23.6 Å². The summed E-state index contributed by atoms with van der Waals surface area (Å²) in [4.78, 5) is 31.3. The van der Waals surface area contributed by atoms with Crippen molar-refractivity contribution in [2.75, 3.05) is 18.7 Å². The minimum atomic E-state index is 0.297. The summed E-state index contributed by atoms with van der Waals surface area (Å²) in [5, 5.41) is 6.03. The van der Waals surface area contributed by atoms with Gasteiger partial charge in [0.1, 0.15) is 20.6 Å². The predicted molar refractivity (Wildman–Crippen MR) is 190 cm³/mol. The molecule has 1 aliphatic heterocycles. The van der Waals surface area contributed by atoms with Crippen molar-refractivity contribution in [2.24, 2.45) is 0 Å². The second-order valence-corrected chi connectivity index (χ2v) is 13.2. The van der Waals surface area contributed by atoms with E-state index in [4.69, 9.17) is 31.0 Å². The van der Waals surface area contributed by atoms with E-state index in [0.717, 1.165) is 74.7 Å². The highest BCUT2D eigenvalue weighted by atomic mass is 35.5. The van der Waals surface area contributed by atoms with Crippen molar-refractivity contribution in [2.45, 2.75) is 33.1 Å². The number of nitrogens with one attached hydrogen (secondary N) is 1. The van der Waals surface area contributed by atoms with Crippen molar-refractivity contribution in [3.8, 4) is 34.3 Å². The Labute approximate surface area is 284 Å². The van der Waals surface area contributed by atoms with Crippen molar-refractivity contribution in [1.29, 1.82) is 0 Å². The number of aromatic nitrogens is 6. The second-order valence-electron chi connectivity index (χ2n) is 10.7. The van der Waals surface area contributed by atoms with Crippen LogP contribution in [0.5, 0.6) is 11.5 Å². The molecule has 0 aliphatic carbocycles. The first kappa shape index (κ1) is 30.9. The lowest BCUT2D eigenvalue weighted by molar-refractivity contribution is 0.174. The Morgan fingerprint density at radius 2 is 1.38 bits per heavy atom. The molecule has 8 rings (SSSR count). The lowest BCUT2D eigenvalue weighted by atomic mass is 10.1. The maximum Gasteiger partial charge on any atom is 0.231 e.